The van der Waals surface area contributed by atoms with Crippen LogP contribution in [-0.4, -0.2) is 31.9 Å². The van der Waals surface area contributed by atoms with Crippen molar-refractivity contribution in [3.05, 3.63) is 59.5 Å². The van der Waals surface area contributed by atoms with Crippen LogP contribution in [0.3, 0.4) is 0 Å². The van der Waals surface area contributed by atoms with Gasteiger partial charge in [-0.15, -0.1) is 0 Å². The quantitative estimate of drug-likeness (QED) is 0.775. The standard InChI is InChI=1S/C18H19N5O/c1-23-17(10-16(22-23)12-5-3-2-4-6-12)18(24)20-14-8-7-13-11-19-21-15(13)9-14/h2-6,10-11,14H,7-9H2,1H3,(H,19,21)(H,20,24)/t14-/m0/s1. The predicted molar refractivity (Wildman–Crippen MR) is 90.5 cm³/mol. The SMILES string of the molecule is Cn1nc(-c2ccccc2)cc1C(=O)N[C@H]1CCc2cn[nH]c2C1. The van der Waals surface area contributed by atoms with Crippen LogP contribution in [0.25, 0.3) is 11.3 Å². The zero-order valence-corrected chi connectivity index (χ0v) is 13.5. The van der Waals surface area contributed by atoms with E-state index in [0.717, 1.165) is 36.2 Å². The summed E-state index contributed by atoms with van der Waals surface area (Å²) in [6, 6.07) is 11.8. The molecule has 1 amide bonds. The third-order valence-electron chi connectivity index (χ3n) is 4.54. The van der Waals surface area contributed by atoms with E-state index in [4.69, 9.17) is 0 Å². The van der Waals surface area contributed by atoms with Crippen LogP contribution in [0.2, 0.25) is 0 Å². The van der Waals surface area contributed by atoms with Gasteiger partial charge in [0.25, 0.3) is 5.91 Å². The molecule has 0 aliphatic heterocycles. The van der Waals surface area contributed by atoms with E-state index in [0.29, 0.717) is 5.69 Å². The molecule has 2 N–H and O–H groups in total. The van der Waals surface area contributed by atoms with Crippen LogP contribution >= 0.6 is 0 Å². The highest BCUT2D eigenvalue weighted by atomic mass is 16.2. The molecule has 0 fully saturated rings. The van der Waals surface area contributed by atoms with Gasteiger partial charge in [-0.05, 0) is 24.5 Å². The van der Waals surface area contributed by atoms with Gasteiger partial charge in [0.15, 0.2) is 0 Å². The van der Waals surface area contributed by atoms with E-state index in [1.807, 2.05) is 42.6 Å². The summed E-state index contributed by atoms with van der Waals surface area (Å²) in [6.07, 6.45) is 4.55. The van der Waals surface area contributed by atoms with Gasteiger partial charge in [-0.2, -0.15) is 10.2 Å². The molecular formula is C18H19N5O. The molecule has 0 saturated carbocycles. The number of hydrogen-bond donors (Lipinski definition) is 2. The first-order valence-corrected chi connectivity index (χ1v) is 8.12. The summed E-state index contributed by atoms with van der Waals surface area (Å²) >= 11 is 0. The largest absolute Gasteiger partial charge is 0.348 e. The van der Waals surface area contributed by atoms with Crippen molar-refractivity contribution in [3.8, 4) is 11.3 Å². The van der Waals surface area contributed by atoms with E-state index in [9.17, 15) is 4.79 Å². The molecule has 24 heavy (non-hydrogen) atoms. The lowest BCUT2D eigenvalue weighted by Crippen LogP contribution is -2.39. The van der Waals surface area contributed by atoms with Gasteiger partial charge < -0.3 is 5.32 Å². The van der Waals surface area contributed by atoms with Gasteiger partial charge >= 0.3 is 0 Å². The van der Waals surface area contributed by atoms with Gasteiger partial charge in [0, 0.05) is 30.8 Å². The number of rotatable bonds is 3. The Bertz CT molecular complexity index is 865. The third-order valence-corrected chi connectivity index (χ3v) is 4.54. The maximum atomic E-state index is 12.6. The molecule has 1 aliphatic rings. The lowest BCUT2D eigenvalue weighted by atomic mass is 9.93. The van der Waals surface area contributed by atoms with E-state index in [1.54, 1.807) is 11.7 Å². The van der Waals surface area contributed by atoms with E-state index < -0.39 is 0 Å². The van der Waals surface area contributed by atoms with Crippen molar-refractivity contribution in [2.45, 2.75) is 25.3 Å². The molecule has 2 heterocycles. The van der Waals surface area contributed by atoms with Gasteiger partial charge in [0.2, 0.25) is 0 Å². The summed E-state index contributed by atoms with van der Waals surface area (Å²) in [4.78, 5) is 12.6. The fourth-order valence-electron chi connectivity index (χ4n) is 3.22. The van der Waals surface area contributed by atoms with Crippen molar-refractivity contribution < 1.29 is 4.79 Å². The number of carbonyl (C=O) groups is 1. The number of H-pyrrole nitrogens is 1. The highest BCUT2D eigenvalue weighted by Gasteiger charge is 2.23. The van der Waals surface area contributed by atoms with E-state index >= 15 is 0 Å². The smallest absolute Gasteiger partial charge is 0.269 e. The lowest BCUT2D eigenvalue weighted by Gasteiger charge is -2.22. The average Bonchev–Trinajstić information content (AvgIpc) is 3.21. The van der Waals surface area contributed by atoms with Crippen LogP contribution in [0.15, 0.2) is 42.6 Å². The van der Waals surface area contributed by atoms with E-state index in [2.05, 4.69) is 20.6 Å². The second-order valence-corrected chi connectivity index (χ2v) is 6.19. The second kappa shape index (κ2) is 5.96. The summed E-state index contributed by atoms with van der Waals surface area (Å²) in [5, 5.41) is 14.7. The summed E-state index contributed by atoms with van der Waals surface area (Å²) in [6.45, 7) is 0. The van der Waals surface area contributed by atoms with Gasteiger partial charge in [-0.3, -0.25) is 14.6 Å². The van der Waals surface area contributed by atoms with Crippen molar-refractivity contribution in [1.82, 2.24) is 25.3 Å². The van der Waals surface area contributed by atoms with Crippen LogP contribution in [0.1, 0.15) is 28.2 Å². The normalized spacial score (nSPS) is 16.6. The predicted octanol–water partition coefficient (Wildman–Crippen LogP) is 2.10. The fourth-order valence-corrected chi connectivity index (χ4v) is 3.22. The zero-order chi connectivity index (χ0) is 16.5. The van der Waals surface area contributed by atoms with Gasteiger partial charge in [0.05, 0.1) is 11.9 Å². The molecule has 0 bridgehead atoms. The van der Waals surface area contributed by atoms with E-state index in [1.165, 1.54) is 5.56 Å². The molecule has 0 spiro atoms. The van der Waals surface area contributed by atoms with E-state index in [-0.39, 0.29) is 11.9 Å². The highest BCUT2D eigenvalue weighted by molar-refractivity contribution is 5.93. The van der Waals surface area contributed by atoms with Gasteiger partial charge in [-0.25, -0.2) is 0 Å². The van der Waals surface area contributed by atoms with Crippen molar-refractivity contribution in [3.63, 3.8) is 0 Å². The molecule has 0 unspecified atom stereocenters. The lowest BCUT2D eigenvalue weighted by molar-refractivity contribution is 0.0924. The number of carbonyl (C=O) groups excluding carboxylic acids is 1. The minimum absolute atomic E-state index is 0.0832. The van der Waals surface area contributed by atoms with Crippen LogP contribution < -0.4 is 5.32 Å². The average molecular weight is 321 g/mol. The minimum Gasteiger partial charge on any atom is -0.348 e. The third kappa shape index (κ3) is 2.71. The topological polar surface area (TPSA) is 75.6 Å². The molecule has 1 aromatic carbocycles. The Morgan fingerprint density at radius 3 is 3.00 bits per heavy atom. The molecule has 3 aromatic rings. The molecule has 0 radical (unpaired) electrons. The molecule has 6 heteroatoms. The van der Waals surface area contributed by atoms with Crippen molar-refractivity contribution in [1.29, 1.82) is 0 Å². The molecule has 6 nitrogen and oxygen atoms in total. The Morgan fingerprint density at radius 1 is 1.33 bits per heavy atom. The Kier molecular flexibility index (Phi) is 3.65. The molecule has 4 rings (SSSR count). The van der Waals surface area contributed by atoms with Gasteiger partial charge in [-0.1, -0.05) is 30.3 Å². The van der Waals surface area contributed by atoms with Crippen molar-refractivity contribution >= 4 is 5.91 Å². The molecular weight excluding hydrogens is 302 g/mol. The molecule has 0 saturated heterocycles. The van der Waals surface area contributed by atoms with Gasteiger partial charge in [0.1, 0.15) is 5.69 Å². The van der Waals surface area contributed by atoms with Crippen molar-refractivity contribution in [2.24, 2.45) is 7.05 Å². The summed E-state index contributed by atoms with van der Waals surface area (Å²) < 4.78 is 1.64. The summed E-state index contributed by atoms with van der Waals surface area (Å²) in [7, 11) is 1.80. The summed E-state index contributed by atoms with van der Waals surface area (Å²) in [5.41, 5.74) is 4.77. The molecule has 122 valence electrons. The number of aromatic amines is 1. The number of benzene rings is 1. The van der Waals surface area contributed by atoms with Crippen molar-refractivity contribution in [2.75, 3.05) is 0 Å². The fraction of sp³-hybridized carbons (Fsp3) is 0.278. The zero-order valence-electron chi connectivity index (χ0n) is 13.5. The van der Waals surface area contributed by atoms with Crippen LogP contribution in [-0.2, 0) is 19.9 Å². The number of nitrogens with zero attached hydrogens (tertiary/aromatic N) is 3. The summed E-state index contributed by atoms with van der Waals surface area (Å²) in [5.74, 6) is -0.0832. The first-order valence-electron chi connectivity index (χ1n) is 8.12. The Morgan fingerprint density at radius 2 is 2.17 bits per heavy atom. The van der Waals surface area contributed by atoms with Crippen LogP contribution in [0.4, 0.5) is 0 Å². The van der Waals surface area contributed by atoms with Crippen LogP contribution in [0, 0.1) is 0 Å². The maximum Gasteiger partial charge on any atom is 0.269 e. The number of aromatic nitrogens is 4. The minimum atomic E-state index is -0.0832. The Balaban J connectivity index is 1.50. The monoisotopic (exact) mass is 321 g/mol. The molecule has 1 atom stereocenters. The Hall–Kier alpha value is -2.89. The number of nitrogens with one attached hydrogen (secondary N) is 2. The number of amides is 1. The van der Waals surface area contributed by atoms with Crippen LogP contribution in [0.5, 0.6) is 0 Å². The second-order valence-electron chi connectivity index (χ2n) is 6.19. The number of fused-ring (bicyclic) bond motifs is 1. The molecule has 2 aromatic heterocycles. The first-order chi connectivity index (χ1) is 11.7. The maximum absolute atomic E-state index is 12.6. The molecule has 1 aliphatic carbocycles. The Labute approximate surface area is 139 Å². The number of hydrogen-bond acceptors (Lipinski definition) is 3. The number of aryl methyl sites for hydroxylation is 2. The highest BCUT2D eigenvalue weighted by Crippen LogP contribution is 2.21. The first kappa shape index (κ1) is 14.7.